The van der Waals surface area contributed by atoms with E-state index in [4.69, 9.17) is 5.11 Å². The van der Waals surface area contributed by atoms with Gasteiger partial charge in [-0.1, -0.05) is 13.8 Å². The summed E-state index contributed by atoms with van der Waals surface area (Å²) in [6, 6.07) is 0.192. The minimum Gasteiger partial charge on any atom is -0.481 e. The lowest BCUT2D eigenvalue weighted by molar-refractivity contribution is -0.137. The lowest BCUT2D eigenvalue weighted by Gasteiger charge is -2.19. The van der Waals surface area contributed by atoms with Crippen molar-refractivity contribution in [3.63, 3.8) is 0 Å². The van der Waals surface area contributed by atoms with Crippen LogP contribution in [0.1, 0.15) is 59.3 Å². The van der Waals surface area contributed by atoms with E-state index < -0.39 is 5.97 Å². The van der Waals surface area contributed by atoms with Crippen LogP contribution in [0, 0.1) is 0 Å². The average Bonchev–Trinajstić information content (AvgIpc) is 2.39. The monoisotopic (exact) mass is 286 g/mol. The van der Waals surface area contributed by atoms with Gasteiger partial charge in [-0.2, -0.15) is 0 Å². The number of nitrogens with one attached hydrogen (secondary N) is 1. The van der Waals surface area contributed by atoms with Crippen molar-refractivity contribution in [1.82, 2.24) is 10.2 Å². The number of rotatable bonds is 12. The Morgan fingerprint density at radius 3 is 2.25 bits per heavy atom. The lowest BCUT2D eigenvalue weighted by atomic mass is 10.1. The van der Waals surface area contributed by atoms with Crippen LogP contribution in [-0.4, -0.2) is 47.6 Å². The molecule has 0 spiro atoms. The summed E-state index contributed by atoms with van der Waals surface area (Å²) in [7, 11) is 0. The summed E-state index contributed by atoms with van der Waals surface area (Å²) >= 11 is 0. The Morgan fingerprint density at radius 1 is 1.10 bits per heavy atom. The third kappa shape index (κ3) is 10.8. The van der Waals surface area contributed by atoms with Crippen molar-refractivity contribution in [3.05, 3.63) is 0 Å². The molecule has 0 radical (unpaired) electrons. The number of carboxylic acid groups (broad SMARTS) is 1. The van der Waals surface area contributed by atoms with Gasteiger partial charge in [0, 0.05) is 18.9 Å². The predicted octanol–water partition coefficient (Wildman–Crippen LogP) is 2.26. The molecule has 0 aromatic carbocycles. The molecule has 0 aromatic heterocycles. The molecular formula is C15H30N2O3. The molecule has 20 heavy (non-hydrogen) atoms. The Hall–Kier alpha value is -1.10. The molecule has 0 aliphatic rings. The molecule has 2 N–H and O–H groups in total. The number of aliphatic carboxylic acids is 1. The zero-order valence-corrected chi connectivity index (χ0v) is 13.2. The average molecular weight is 286 g/mol. The number of nitrogens with zero attached hydrogens (tertiary/aromatic N) is 1. The largest absolute Gasteiger partial charge is 0.481 e. The van der Waals surface area contributed by atoms with Gasteiger partial charge in [0.05, 0.1) is 0 Å². The second kappa shape index (κ2) is 11.7. The molecule has 0 aliphatic carbocycles. The number of hydrogen-bond donors (Lipinski definition) is 2. The minimum atomic E-state index is -0.796. The molecular weight excluding hydrogens is 256 g/mol. The van der Waals surface area contributed by atoms with Crippen LogP contribution < -0.4 is 5.32 Å². The van der Waals surface area contributed by atoms with Crippen LogP contribution in [0.25, 0.3) is 0 Å². The van der Waals surface area contributed by atoms with E-state index in [9.17, 15) is 9.59 Å². The maximum absolute atomic E-state index is 11.6. The Bertz CT molecular complexity index is 278. The van der Waals surface area contributed by atoms with Crippen LogP contribution in [0.15, 0.2) is 0 Å². The fraction of sp³-hybridized carbons (Fsp3) is 0.867. The second-order valence-electron chi connectivity index (χ2n) is 5.24. The van der Waals surface area contributed by atoms with Crippen molar-refractivity contribution in [2.24, 2.45) is 0 Å². The quantitative estimate of drug-likeness (QED) is 0.540. The standard InChI is InChI=1S/C15H30N2O3/c1-4-17(5-2)12-8-9-13(3)16-14(18)10-6-7-11-15(19)20/h13H,4-12H2,1-3H3,(H,16,18)(H,19,20). The van der Waals surface area contributed by atoms with Crippen LogP contribution in [0.5, 0.6) is 0 Å². The molecule has 5 nitrogen and oxygen atoms in total. The van der Waals surface area contributed by atoms with Gasteiger partial charge in [0.2, 0.25) is 5.91 Å². The van der Waals surface area contributed by atoms with E-state index in [1.165, 1.54) is 0 Å². The Labute approximate surface area is 122 Å². The van der Waals surface area contributed by atoms with E-state index >= 15 is 0 Å². The zero-order valence-electron chi connectivity index (χ0n) is 13.2. The van der Waals surface area contributed by atoms with Crippen molar-refractivity contribution in [1.29, 1.82) is 0 Å². The minimum absolute atomic E-state index is 0.0331. The van der Waals surface area contributed by atoms with Gasteiger partial charge in [0.1, 0.15) is 0 Å². The van der Waals surface area contributed by atoms with Gasteiger partial charge >= 0.3 is 5.97 Å². The van der Waals surface area contributed by atoms with E-state index in [1.54, 1.807) is 0 Å². The van der Waals surface area contributed by atoms with E-state index in [2.05, 4.69) is 24.1 Å². The SMILES string of the molecule is CCN(CC)CCCC(C)NC(=O)CCCCC(=O)O. The Morgan fingerprint density at radius 2 is 1.70 bits per heavy atom. The summed E-state index contributed by atoms with van der Waals surface area (Å²) in [4.78, 5) is 24.4. The van der Waals surface area contributed by atoms with E-state index in [-0.39, 0.29) is 18.4 Å². The molecule has 1 amide bonds. The third-order valence-corrected chi connectivity index (χ3v) is 3.46. The molecule has 118 valence electrons. The first-order valence-corrected chi connectivity index (χ1v) is 7.73. The number of carboxylic acids is 1. The van der Waals surface area contributed by atoms with Crippen LogP contribution >= 0.6 is 0 Å². The second-order valence-corrected chi connectivity index (χ2v) is 5.24. The maximum Gasteiger partial charge on any atom is 0.303 e. The fourth-order valence-corrected chi connectivity index (χ4v) is 2.14. The molecule has 0 saturated heterocycles. The molecule has 0 heterocycles. The maximum atomic E-state index is 11.6. The summed E-state index contributed by atoms with van der Waals surface area (Å²) in [5.74, 6) is -0.763. The molecule has 0 rings (SSSR count). The van der Waals surface area contributed by atoms with E-state index in [1.807, 2.05) is 6.92 Å². The van der Waals surface area contributed by atoms with Gasteiger partial charge in [-0.15, -0.1) is 0 Å². The molecule has 1 unspecified atom stereocenters. The van der Waals surface area contributed by atoms with Gasteiger partial charge in [0.25, 0.3) is 0 Å². The molecule has 0 aromatic rings. The summed E-state index contributed by atoms with van der Waals surface area (Å²) in [5, 5.41) is 11.5. The summed E-state index contributed by atoms with van der Waals surface area (Å²) in [6.07, 6.45) is 3.85. The predicted molar refractivity (Wildman–Crippen MR) is 80.7 cm³/mol. The van der Waals surface area contributed by atoms with E-state index in [0.29, 0.717) is 19.3 Å². The van der Waals surface area contributed by atoms with Crippen LogP contribution in [0.3, 0.4) is 0 Å². The van der Waals surface area contributed by atoms with Crippen molar-refractivity contribution in [2.45, 2.75) is 65.3 Å². The Balaban J connectivity index is 3.61. The third-order valence-electron chi connectivity index (χ3n) is 3.46. The molecule has 0 aliphatic heterocycles. The summed E-state index contributed by atoms with van der Waals surface area (Å²) in [5.41, 5.74) is 0. The molecule has 0 fully saturated rings. The van der Waals surface area contributed by atoms with Gasteiger partial charge in [-0.05, 0) is 52.2 Å². The van der Waals surface area contributed by atoms with Crippen molar-refractivity contribution < 1.29 is 14.7 Å². The van der Waals surface area contributed by atoms with Crippen LogP contribution in [0.2, 0.25) is 0 Å². The van der Waals surface area contributed by atoms with Gasteiger partial charge in [0.15, 0.2) is 0 Å². The Kier molecular flexibility index (Phi) is 11.1. The number of unbranched alkanes of at least 4 members (excludes halogenated alkanes) is 1. The molecule has 1 atom stereocenters. The molecule has 5 heteroatoms. The van der Waals surface area contributed by atoms with Crippen LogP contribution in [-0.2, 0) is 9.59 Å². The topological polar surface area (TPSA) is 69.6 Å². The molecule has 0 saturated carbocycles. The summed E-state index contributed by atoms with van der Waals surface area (Å²) in [6.45, 7) is 9.56. The fourth-order valence-electron chi connectivity index (χ4n) is 2.14. The van der Waals surface area contributed by atoms with E-state index in [0.717, 1.165) is 32.5 Å². The van der Waals surface area contributed by atoms with Gasteiger partial charge in [-0.3, -0.25) is 9.59 Å². The smallest absolute Gasteiger partial charge is 0.303 e. The van der Waals surface area contributed by atoms with Gasteiger partial charge in [-0.25, -0.2) is 0 Å². The highest BCUT2D eigenvalue weighted by Gasteiger charge is 2.08. The first-order valence-electron chi connectivity index (χ1n) is 7.73. The van der Waals surface area contributed by atoms with Crippen molar-refractivity contribution in [2.75, 3.05) is 19.6 Å². The zero-order chi connectivity index (χ0) is 15.4. The highest BCUT2D eigenvalue weighted by Crippen LogP contribution is 2.03. The summed E-state index contributed by atoms with van der Waals surface area (Å²) < 4.78 is 0. The number of hydrogen-bond acceptors (Lipinski definition) is 3. The first kappa shape index (κ1) is 18.9. The lowest BCUT2D eigenvalue weighted by Crippen LogP contribution is -2.33. The molecule has 0 bridgehead atoms. The highest BCUT2D eigenvalue weighted by molar-refractivity contribution is 5.76. The van der Waals surface area contributed by atoms with Gasteiger partial charge < -0.3 is 15.3 Å². The number of carbonyl (C=O) groups is 2. The van der Waals surface area contributed by atoms with Crippen molar-refractivity contribution >= 4 is 11.9 Å². The van der Waals surface area contributed by atoms with Crippen molar-refractivity contribution in [3.8, 4) is 0 Å². The van der Waals surface area contributed by atoms with Crippen LogP contribution in [0.4, 0.5) is 0 Å². The first-order chi connectivity index (χ1) is 9.49. The number of carbonyl (C=O) groups excluding carboxylic acids is 1. The normalized spacial score (nSPS) is 12.4. The number of amides is 1. The highest BCUT2D eigenvalue weighted by atomic mass is 16.4.